The van der Waals surface area contributed by atoms with E-state index in [-0.39, 0.29) is 11.2 Å². The van der Waals surface area contributed by atoms with Crippen LogP contribution in [0.5, 0.6) is 0 Å². The Balaban J connectivity index is 3.19. The van der Waals surface area contributed by atoms with Gasteiger partial charge in [-0.25, -0.2) is 9.78 Å². The molecule has 2 aromatic rings. The summed E-state index contributed by atoms with van der Waals surface area (Å²) >= 11 is 0. The Hall–Kier alpha value is -2.05. The van der Waals surface area contributed by atoms with Crippen molar-refractivity contribution in [2.45, 2.75) is 0 Å². The van der Waals surface area contributed by atoms with E-state index in [2.05, 4.69) is 15.2 Å². The van der Waals surface area contributed by atoms with Crippen LogP contribution in [0.15, 0.2) is 15.9 Å². The fraction of sp³-hybridized carbons (Fsp3) is 0.286. The smallest absolute Gasteiger partial charge is 0.278 e. The molecule has 2 rings (SSSR count). The number of aromatic nitrogens is 5. The summed E-state index contributed by atoms with van der Waals surface area (Å²) in [4.78, 5) is 26.7. The van der Waals surface area contributed by atoms with Crippen LogP contribution in [0.25, 0.3) is 11.2 Å². The topological polar surface area (TPSA) is 82.7 Å². The third kappa shape index (κ3) is 0.951. The average Bonchev–Trinajstić information content (AvgIpc) is 2.23. The fourth-order valence-electron chi connectivity index (χ4n) is 1.21. The summed E-state index contributed by atoms with van der Waals surface area (Å²) in [7, 11) is 2.91. The van der Waals surface area contributed by atoms with Gasteiger partial charge in [0.15, 0.2) is 11.2 Å². The highest BCUT2D eigenvalue weighted by atomic mass is 16.2. The van der Waals surface area contributed by atoms with Crippen LogP contribution in [0.2, 0.25) is 0 Å². The van der Waals surface area contributed by atoms with Crippen molar-refractivity contribution < 1.29 is 0 Å². The van der Waals surface area contributed by atoms with Crippen molar-refractivity contribution in [2.24, 2.45) is 14.1 Å². The van der Waals surface area contributed by atoms with E-state index < -0.39 is 11.2 Å². The van der Waals surface area contributed by atoms with Crippen LogP contribution in [-0.2, 0) is 14.1 Å². The summed E-state index contributed by atoms with van der Waals surface area (Å²) in [6.07, 6.45) is 1.17. The molecule has 0 aromatic carbocycles. The lowest BCUT2D eigenvalue weighted by molar-refractivity contribution is 0.698. The highest BCUT2D eigenvalue weighted by Crippen LogP contribution is 1.94. The maximum atomic E-state index is 11.5. The van der Waals surface area contributed by atoms with Gasteiger partial charge in [-0.1, -0.05) is 0 Å². The molecule has 2 aromatic heterocycles. The molecule has 0 aliphatic carbocycles. The molecule has 0 bridgehead atoms. The van der Waals surface area contributed by atoms with Gasteiger partial charge in [0.25, 0.3) is 5.56 Å². The first-order valence-corrected chi connectivity index (χ1v) is 3.86. The zero-order chi connectivity index (χ0) is 10.3. The van der Waals surface area contributed by atoms with Crippen LogP contribution in [0.4, 0.5) is 0 Å². The lowest BCUT2D eigenvalue weighted by Crippen LogP contribution is -2.37. The van der Waals surface area contributed by atoms with Gasteiger partial charge in [0.1, 0.15) is 6.33 Å². The average molecular weight is 193 g/mol. The number of rotatable bonds is 0. The molecule has 0 fully saturated rings. The van der Waals surface area contributed by atoms with Crippen molar-refractivity contribution in [3.05, 3.63) is 27.2 Å². The standard InChI is InChI=1S/C7H7N5O2/c1-11-5-4(8-3-9-10-5)6(13)12(2)7(11)14/h3H,1-2H3. The van der Waals surface area contributed by atoms with Crippen molar-refractivity contribution in [3.8, 4) is 0 Å². The summed E-state index contributed by atoms with van der Waals surface area (Å²) < 4.78 is 2.22. The molecule has 0 unspecified atom stereocenters. The van der Waals surface area contributed by atoms with Crippen LogP contribution in [-0.4, -0.2) is 24.3 Å². The van der Waals surface area contributed by atoms with Gasteiger partial charge in [-0.15, -0.1) is 10.2 Å². The van der Waals surface area contributed by atoms with E-state index in [4.69, 9.17) is 0 Å². The predicted octanol–water partition coefficient (Wildman–Crippen LogP) is -1.58. The minimum atomic E-state index is -0.460. The minimum absolute atomic E-state index is 0.143. The van der Waals surface area contributed by atoms with E-state index in [0.717, 1.165) is 4.57 Å². The van der Waals surface area contributed by atoms with Gasteiger partial charge in [-0.3, -0.25) is 13.9 Å². The summed E-state index contributed by atoms with van der Waals surface area (Å²) in [6.45, 7) is 0. The van der Waals surface area contributed by atoms with Crippen molar-refractivity contribution in [3.63, 3.8) is 0 Å². The van der Waals surface area contributed by atoms with Crippen LogP contribution in [0, 0.1) is 0 Å². The molecule has 0 radical (unpaired) electrons. The maximum absolute atomic E-state index is 11.5. The van der Waals surface area contributed by atoms with Crippen molar-refractivity contribution in [1.29, 1.82) is 0 Å². The van der Waals surface area contributed by atoms with Gasteiger partial charge in [0, 0.05) is 14.1 Å². The Morgan fingerprint density at radius 1 is 1.21 bits per heavy atom. The Labute approximate surface area is 77.7 Å². The molecule has 0 N–H and O–H groups in total. The number of aryl methyl sites for hydroxylation is 1. The molecule has 0 saturated carbocycles. The van der Waals surface area contributed by atoms with Gasteiger partial charge >= 0.3 is 5.69 Å². The first-order valence-electron chi connectivity index (χ1n) is 3.86. The second kappa shape index (κ2) is 2.72. The van der Waals surface area contributed by atoms with Crippen LogP contribution >= 0.6 is 0 Å². The molecular formula is C7H7N5O2. The Morgan fingerprint density at radius 2 is 1.93 bits per heavy atom. The number of hydrogen-bond acceptors (Lipinski definition) is 5. The van der Waals surface area contributed by atoms with Crippen molar-refractivity contribution >= 4 is 11.2 Å². The quantitative estimate of drug-likeness (QED) is 0.504. The molecule has 72 valence electrons. The third-order valence-corrected chi connectivity index (χ3v) is 2.00. The molecule has 14 heavy (non-hydrogen) atoms. The molecule has 7 heteroatoms. The van der Waals surface area contributed by atoms with E-state index in [9.17, 15) is 9.59 Å². The summed E-state index contributed by atoms with van der Waals surface area (Å²) in [5, 5.41) is 7.20. The van der Waals surface area contributed by atoms with Gasteiger partial charge in [-0.05, 0) is 0 Å². The highest BCUT2D eigenvalue weighted by Gasteiger charge is 2.09. The molecule has 7 nitrogen and oxygen atoms in total. The predicted molar refractivity (Wildman–Crippen MR) is 47.8 cm³/mol. The zero-order valence-electron chi connectivity index (χ0n) is 7.63. The minimum Gasteiger partial charge on any atom is -0.278 e. The van der Waals surface area contributed by atoms with Crippen LogP contribution in [0.3, 0.4) is 0 Å². The SMILES string of the molecule is Cn1c(=O)c2ncnnc2n(C)c1=O. The number of fused-ring (bicyclic) bond motifs is 1. The molecular weight excluding hydrogens is 186 g/mol. The molecule has 0 aliphatic heterocycles. The first-order chi connectivity index (χ1) is 6.63. The molecule has 0 aliphatic rings. The second-order valence-electron chi connectivity index (χ2n) is 2.84. The largest absolute Gasteiger partial charge is 0.332 e. The van der Waals surface area contributed by atoms with E-state index in [1.807, 2.05) is 0 Å². The van der Waals surface area contributed by atoms with Crippen LogP contribution in [0.1, 0.15) is 0 Å². The van der Waals surface area contributed by atoms with E-state index in [1.165, 1.54) is 25.0 Å². The molecule has 2 heterocycles. The number of nitrogens with zero attached hydrogens (tertiary/aromatic N) is 5. The highest BCUT2D eigenvalue weighted by molar-refractivity contribution is 5.67. The van der Waals surface area contributed by atoms with Gasteiger partial charge < -0.3 is 0 Å². The first kappa shape index (κ1) is 8.54. The molecule has 0 saturated heterocycles. The zero-order valence-corrected chi connectivity index (χ0v) is 7.63. The Bertz CT molecular complexity index is 611. The monoisotopic (exact) mass is 193 g/mol. The lowest BCUT2D eigenvalue weighted by atomic mass is 10.5. The summed E-state index contributed by atoms with van der Waals surface area (Å²) in [5.74, 6) is 0. The van der Waals surface area contributed by atoms with Crippen molar-refractivity contribution in [1.82, 2.24) is 24.3 Å². The van der Waals surface area contributed by atoms with Crippen LogP contribution < -0.4 is 11.2 Å². The third-order valence-electron chi connectivity index (χ3n) is 2.00. The normalized spacial score (nSPS) is 10.7. The Morgan fingerprint density at radius 3 is 2.64 bits per heavy atom. The number of hydrogen-bond donors (Lipinski definition) is 0. The van der Waals surface area contributed by atoms with E-state index in [1.54, 1.807) is 0 Å². The fourth-order valence-corrected chi connectivity index (χ4v) is 1.21. The van der Waals surface area contributed by atoms with E-state index >= 15 is 0 Å². The van der Waals surface area contributed by atoms with Gasteiger partial charge in [0.2, 0.25) is 0 Å². The molecule has 0 atom stereocenters. The molecule has 0 amide bonds. The summed E-state index contributed by atoms with van der Waals surface area (Å²) in [5.41, 5.74) is -0.562. The lowest BCUT2D eigenvalue weighted by Gasteiger charge is -2.03. The maximum Gasteiger partial charge on any atom is 0.332 e. The van der Waals surface area contributed by atoms with Crippen molar-refractivity contribution in [2.75, 3.05) is 0 Å². The Kier molecular flexibility index (Phi) is 1.66. The molecule has 0 spiro atoms. The van der Waals surface area contributed by atoms with Gasteiger partial charge in [-0.2, -0.15) is 0 Å². The van der Waals surface area contributed by atoms with Gasteiger partial charge in [0.05, 0.1) is 0 Å². The second-order valence-corrected chi connectivity index (χ2v) is 2.84. The van der Waals surface area contributed by atoms with E-state index in [0.29, 0.717) is 0 Å². The summed E-state index contributed by atoms with van der Waals surface area (Å²) in [6, 6.07) is 0.